The molecule has 1 fully saturated rings. The van der Waals surface area contributed by atoms with Gasteiger partial charge in [0.05, 0.1) is 11.1 Å². The Kier molecular flexibility index (Phi) is 4.73. The molecule has 1 aliphatic rings. The highest BCUT2D eigenvalue weighted by Gasteiger charge is 2.28. The topological polar surface area (TPSA) is 64.0 Å². The van der Waals surface area contributed by atoms with E-state index in [2.05, 4.69) is 9.80 Å². The van der Waals surface area contributed by atoms with Crippen LogP contribution in [0.3, 0.4) is 0 Å². The number of aromatic hydroxyl groups is 1. The molecule has 1 aliphatic heterocycles. The molecule has 0 amide bonds. The van der Waals surface area contributed by atoms with E-state index in [0.717, 1.165) is 38.4 Å². The van der Waals surface area contributed by atoms with E-state index in [-0.39, 0.29) is 0 Å². The molecule has 1 aromatic carbocycles. The van der Waals surface area contributed by atoms with Crippen molar-refractivity contribution < 1.29 is 15.0 Å². The van der Waals surface area contributed by atoms with Gasteiger partial charge in [-0.15, -0.1) is 0 Å². The molecule has 0 bridgehead atoms. The van der Waals surface area contributed by atoms with Gasteiger partial charge in [-0.1, -0.05) is 12.1 Å². The Hall–Kier alpha value is -1.75. The van der Waals surface area contributed by atoms with Crippen molar-refractivity contribution in [3.05, 3.63) is 24.3 Å². The largest absolute Gasteiger partial charge is 0.506 e. The zero-order chi connectivity index (χ0) is 15.5. The summed E-state index contributed by atoms with van der Waals surface area (Å²) in [5.74, 6) is -0.423. The van der Waals surface area contributed by atoms with Gasteiger partial charge in [-0.3, -0.25) is 9.69 Å². The summed E-state index contributed by atoms with van der Waals surface area (Å²) in [5, 5.41) is 19.0. The summed E-state index contributed by atoms with van der Waals surface area (Å²) in [6.45, 7) is 7.83. The second-order valence-corrected chi connectivity index (χ2v) is 6.26. The number of nitrogens with zero attached hydrogens (tertiary/aromatic N) is 2. The van der Waals surface area contributed by atoms with Gasteiger partial charge in [0.15, 0.2) is 0 Å². The molecule has 0 atom stereocenters. The van der Waals surface area contributed by atoms with Crippen LogP contribution in [0.4, 0.5) is 5.69 Å². The molecule has 1 aromatic rings. The SMILES string of the molecule is CC(C)(CCN1CCN(c2ccccc2O)CC1)C(=O)O. The van der Waals surface area contributed by atoms with Crippen LogP contribution in [0.1, 0.15) is 20.3 Å². The van der Waals surface area contributed by atoms with Crippen LogP contribution in [0.15, 0.2) is 24.3 Å². The van der Waals surface area contributed by atoms with Crippen LogP contribution in [-0.2, 0) is 4.79 Å². The van der Waals surface area contributed by atoms with Gasteiger partial charge < -0.3 is 15.1 Å². The first-order chi connectivity index (χ1) is 9.90. The smallest absolute Gasteiger partial charge is 0.309 e. The zero-order valence-corrected chi connectivity index (χ0v) is 12.7. The monoisotopic (exact) mass is 292 g/mol. The predicted octanol–water partition coefficient (Wildman–Crippen LogP) is 2.02. The molecule has 0 radical (unpaired) electrons. The fraction of sp³-hybridized carbons (Fsp3) is 0.562. The Bertz CT molecular complexity index is 494. The van der Waals surface area contributed by atoms with E-state index >= 15 is 0 Å². The van der Waals surface area contributed by atoms with Crippen LogP contribution < -0.4 is 4.90 Å². The third-order valence-corrected chi connectivity index (χ3v) is 4.23. The van der Waals surface area contributed by atoms with Crippen LogP contribution in [0.2, 0.25) is 0 Å². The average Bonchev–Trinajstić information content (AvgIpc) is 2.46. The molecule has 0 aliphatic carbocycles. The number of phenolic OH excluding ortho intramolecular Hbond substituents is 1. The van der Waals surface area contributed by atoms with Crippen LogP contribution in [0.25, 0.3) is 0 Å². The van der Waals surface area contributed by atoms with Crippen LogP contribution >= 0.6 is 0 Å². The van der Waals surface area contributed by atoms with E-state index in [0.29, 0.717) is 12.2 Å². The molecule has 0 spiro atoms. The summed E-state index contributed by atoms with van der Waals surface area (Å²) in [4.78, 5) is 15.6. The van der Waals surface area contributed by atoms with Gasteiger partial charge in [0.2, 0.25) is 0 Å². The molecule has 21 heavy (non-hydrogen) atoms. The number of hydrogen-bond acceptors (Lipinski definition) is 4. The molecular formula is C16H24N2O3. The van der Waals surface area contributed by atoms with E-state index in [1.54, 1.807) is 19.9 Å². The lowest BCUT2D eigenvalue weighted by Crippen LogP contribution is -2.47. The van der Waals surface area contributed by atoms with E-state index in [1.165, 1.54) is 0 Å². The van der Waals surface area contributed by atoms with E-state index in [4.69, 9.17) is 5.11 Å². The Morgan fingerprint density at radius 1 is 1.19 bits per heavy atom. The fourth-order valence-corrected chi connectivity index (χ4v) is 2.49. The number of carbonyl (C=O) groups is 1. The highest BCUT2D eigenvalue weighted by atomic mass is 16.4. The van der Waals surface area contributed by atoms with Gasteiger partial charge in [0.25, 0.3) is 0 Å². The average molecular weight is 292 g/mol. The standard InChI is InChI=1S/C16H24N2O3/c1-16(2,15(20)21)7-8-17-9-11-18(12-10-17)13-5-3-4-6-14(13)19/h3-6,19H,7-12H2,1-2H3,(H,20,21). The number of piperazine rings is 1. The van der Waals surface area contributed by atoms with Crippen LogP contribution in [-0.4, -0.2) is 53.8 Å². The third-order valence-electron chi connectivity index (χ3n) is 4.23. The molecule has 5 nitrogen and oxygen atoms in total. The Morgan fingerprint density at radius 2 is 1.81 bits per heavy atom. The maximum Gasteiger partial charge on any atom is 0.309 e. The summed E-state index contributed by atoms with van der Waals surface area (Å²) in [6, 6.07) is 7.38. The lowest BCUT2D eigenvalue weighted by molar-refractivity contribution is -0.147. The van der Waals surface area contributed by atoms with Crippen LogP contribution in [0, 0.1) is 5.41 Å². The van der Waals surface area contributed by atoms with E-state index in [1.807, 2.05) is 18.2 Å². The quantitative estimate of drug-likeness (QED) is 0.869. The maximum absolute atomic E-state index is 11.1. The summed E-state index contributed by atoms with van der Waals surface area (Å²) in [5.41, 5.74) is 0.206. The number of benzene rings is 1. The molecule has 5 heteroatoms. The number of aliphatic carboxylic acids is 1. The van der Waals surface area contributed by atoms with Gasteiger partial charge in [-0.05, 0) is 38.9 Å². The highest BCUT2D eigenvalue weighted by Crippen LogP contribution is 2.27. The zero-order valence-electron chi connectivity index (χ0n) is 12.7. The Balaban J connectivity index is 1.84. The number of anilines is 1. The molecule has 1 heterocycles. The molecule has 2 N–H and O–H groups in total. The number of hydrogen-bond donors (Lipinski definition) is 2. The van der Waals surface area contributed by atoms with Gasteiger partial charge in [0.1, 0.15) is 5.75 Å². The molecular weight excluding hydrogens is 268 g/mol. The second-order valence-electron chi connectivity index (χ2n) is 6.26. The normalized spacial score (nSPS) is 17.0. The summed E-state index contributed by atoms with van der Waals surface area (Å²) in [7, 11) is 0. The van der Waals surface area contributed by atoms with Crippen molar-refractivity contribution >= 4 is 11.7 Å². The highest BCUT2D eigenvalue weighted by molar-refractivity contribution is 5.73. The first-order valence-electron chi connectivity index (χ1n) is 7.39. The number of carboxylic acids is 1. The Labute approximate surface area is 125 Å². The lowest BCUT2D eigenvalue weighted by Gasteiger charge is -2.37. The molecule has 0 unspecified atom stereocenters. The van der Waals surface area contributed by atoms with Crippen LogP contribution in [0.5, 0.6) is 5.75 Å². The van der Waals surface area contributed by atoms with Crippen molar-refractivity contribution in [2.75, 3.05) is 37.6 Å². The summed E-state index contributed by atoms with van der Waals surface area (Å²) in [6.07, 6.45) is 0.652. The third kappa shape index (κ3) is 3.88. The minimum absolute atomic E-state index is 0.318. The van der Waals surface area contributed by atoms with Crippen molar-refractivity contribution in [2.45, 2.75) is 20.3 Å². The lowest BCUT2D eigenvalue weighted by atomic mass is 9.89. The van der Waals surface area contributed by atoms with Gasteiger partial charge in [0, 0.05) is 26.2 Å². The number of carboxylic acid groups (broad SMARTS) is 1. The minimum atomic E-state index is -0.740. The number of phenols is 1. The van der Waals surface area contributed by atoms with Crippen molar-refractivity contribution in [1.82, 2.24) is 4.90 Å². The van der Waals surface area contributed by atoms with E-state index < -0.39 is 11.4 Å². The molecule has 2 rings (SSSR count). The minimum Gasteiger partial charge on any atom is -0.506 e. The Morgan fingerprint density at radius 3 is 2.38 bits per heavy atom. The van der Waals surface area contributed by atoms with Crippen molar-refractivity contribution in [3.8, 4) is 5.75 Å². The molecule has 116 valence electrons. The van der Waals surface area contributed by atoms with Crippen molar-refractivity contribution in [2.24, 2.45) is 5.41 Å². The fourth-order valence-electron chi connectivity index (χ4n) is 2.49. The van der Waals surface area contributed by atoms with E-state index in [9.17, 15) is 9.90 Å². The molecule has 0 aromatic heterocycles. The summed E-state index contributed by atoms with van der Waals surface area (Å²) >= 11 is 0. The number of rotatable bonds is 5. The molecule has 0 saturated carbocycles. The first-order valence-corrected chi connectivity index (χ1v) is 7.39. The second kappa shape index (κ2) is 6.35. The van der Waals surface area contributed by atoms with Gasteiger partial charge in [-0.2, -0.15) is 0 Å². The first kappa shape index (κ1) is 15.6. The van der Waals surface area contributed by atoms with Crippen molar-refractivity contribution in [3.63, 3.8) is 0 Å². The predicted molar refractivity (Wildman–Crippen MR) is 82.8 cm³/mol. The van der Waals surface area contributed by atoms with Crippen molar-refractivity contribution in [1.29, 1.82) is 0 Å². The number of para-hydroxylation sites is 2. The maximum atomic E-state index is 11.1. The summed E-state index contributed by atoms with van der Waals surface area (Å²) < 4.78 is 0. The van der Waals surface area contributed by atoms with Gasteiger partial charge >= 0.3 is 5.97 Å². The molecule has 1 saturated heterocycles. The van der Waals surface area contributed by atoms with Gasteiger partial charge in [-0.25, -0.2) is 0 Å².